The third-order valence-electron chi connectivity index (χ3n) is 3.85. The maximum absolute atomic E-state index is 12.3. The first-order valence-electron chi connectivity index (χ1n) is 7.10. The predicted octanol–water partition coefficient (Wildman–Crippen LogP) is 1.05. The molecular weight excluding hydrogens is 310 g/mol. The van der Waals surface area contributed by atoms with Crippen LogP contribution in [0.1, 0.15) is 24.3 Å². The molecule has 2 rings (SSSR count). The highest BCUT2D eigenvalue weighted by Gasteiger charge is 2.27. The molecule has 0 unspecified atom stereocenters. The molecule has 0 aromatic carbocycles. The number of carbonyl (C=O) groups is 1. The molecule has 22 heavy (non-hydrogen) atoms. The van der Waals surface area contributed by atoms with Crippen molar-refractivity contribution >= 4 is 16.1 Å². The van der Waals surface area contributed by atoms with Crippen LogP contribution in [-0.2, 0) is 14.8 Å². The normalized spacial score (nSPS) is 16.8. The number of sulfonamides is 1. The zero-order valence-corrected chi connectivity index (χ0v) is 13.8. The molecule has 1 fully saturated rings. The molecule has 1 aromatic rings. The minimum atomic E-state index is -3.62. The van der Waals surface area contributed by atoms with Gasteiger partial charge in [0.15, 0.2) is 5.76 Å². The molecule has 8 nitrogen and oxygen atoms in total. The molecule has 1 aliphatic rings. The van der Waals surface area contributed by atoms with Gasteiger partial charge in [0.2, 0.25) is 10.0 Å². The molecule has 0 spiro atoms. The summed E-state index contributed by atoms with van der Waals surface area (Å²) in [5.41, 5.74) is 0.352. The van der Waals surface area contributed by atoms with Crippen molar-refractivity contribution in [2.45, 2.75) is 31.6 Å². The smallest absolute Gasteiger partial charge is 0.409 e. The van der Waals surface area contributed by atoms with Crippen LogP contribution in [0.5, 0.6) is 0 Å². The van der Waals surface area contributed by atoms with Gasteiger partial charge in [0.25, 0.3) is 0 Å². The zero-order valence-electron chi connectivity index (χ0n) is 13.0. The number of hydrogen-bond donors (Lipinski definition) is 1. The van der Waals surface area contributed by atoms with E-state index in [9.17, 15) is 13.2 Å². The molecule has 1 aromatic heterocycles. The van der Waals surface area contributed by atoms with Crippen LogP contribution in [0.2, 0.25) is 0 Å². The van der Waals surface area contributed by atoms with E-state index >= 15 is 0 Å². The van der Waals surface area contributed by atoms with Crippen molar-refractivity contribution in [1.29, 1.82) is 0 Å². The number of likely N-dealkylation sites (tertiary alicyclic amines) is 1. The highest BCUT2D eigenvalue weighted by molar-refractivity contribution is 7.89. The molecule has 0 atom stereocenters. The second-order valence-corrected chi connectivity index (χ2v) is 7.11. The number of amides is 1. The summed E-state index contributed by atoms with van der Waals surface area (Å²) in [6, 6.07) is 0. The van der Waals surface area contributed by atoms with Crippen LogP contribution >= 0.6 is 0 Å². The lowest BCUT2D eigenvalue weighted by Gasteiger charge is -2.30. The molecule has 1 saturated heterocycles. The van der Waals surface area contributed by atoms with Crippen molar-refractivity contribution in [3.8, 4) is 0 Å². The number of hydrogen-bond acceptors (Lipinski definition) is 6. The predicted molar refractivity (Wildman–Crippen MR) is 77.9 cm³/mol. The summed E-state index contributed by atoms with van der Waals surface area (Å²) in [5.74, 6) is 0.474. The van der Waals surface area contributed by atoms with Crippen molar-refractivity contribution < 1.29 is 22.5 Å². The fourth-order valence-electron chi connectivity index (χ4n) is 2.61. The molecule has 0 saturated carbocycles. The summed E-state index contributed by atoms with van der Waals surface area (Å²) in [7, 11) is -2.27. The largest absolute Gasteiger partial charge is 0.453 e. The van der Waals surface area contributed by atoms with Crippen LogP contribution in [0.3, 0.4) is 0 Å². The van der Waals surface area contributed by atoms with Crippen molar-refractivity contribution in [2.75, 3.05) is 26.7 Å². The van der Waals surface area contributed by atoms with E-state index in [1.165, 1.54) is 7.11 Å². The highest BCUT2D eigenvalue weighted by Crippen LogP contribution is 2.21. The Balaban J connectivity index is 1.90. The Morgan fingerprint density at radius 2 is 2.05 bits per heavy atom. The van der Waals surface area contributed by atoms with Crippen LogP contribution < -0.4 is 4.72 Å². The number of nitrogens with zero attached hydrogens (tertiary/aromatic N) is 2. The van der Waals surface area contributed by atoms with Crippen molar-refractivity contribution in [3.63, 3.8) is 0 Å². The van der Waals surface area contributed by atoms with Gasteiger partial charge < -0.3 is 14.2 Å². The minimum Gasteiger partial charge on any atom is -0.453 e. The van der Waals surface area contributed by atoms with Gasteiger partial charge >= 0.3 is 6.09 Å². The summed E-state index contributed by atoms with van der Waals surface area (Å²) in [6.45, 7) is 4.65. The van der Waals surface area contributed by atoms with E-state index in [1.54, 1.807) is 18.7 Å². The molecule has 0 bridgehead atoms. The highest BCUT2D eigenvalue weighted by atomic mass is 32.2. The van der Waals surface area contributed by atoms with Gasteiger partial charge in [-0.25, -0.2) is 17.9 Å². The lowest BCUT2D eigenvalue weighted by Crippen LogP contribution is -2.41. The standard InChI is InChI=1S/C13H21N3O5S/c1-9-12(10(2)21-15-9)22(18,19)14-8-11-4-6-16(7-5-11)13(17)20-3/h11,14H,4-8H2,1-3H3. The molecule has 0 aliphatic carbocycles. The summed E-state index contributed by atoms with van der Waals surface area (Å²) < 4.78 is 36.8. The number of rotatable bonds is 4. The quantitative estimate of drug-likeness (QED) is 0.885. The minimum absolute atomic E-state index is 0.111. The summed E-state index contributed by atoms with van der Waals surface area (Å²) in [4.78, 5) is 13.1. The number of piperidine rings is 1. The molecule has 1 amide bonds. The Bertz CT molecular complexity index is 613. The summed E-state index contributed by atoms with van der Waals surface area (Å²) in [6.07, 6.45) is 1.13. The SMILES string of the molecule is COC(=O)N1CCC(CNS(=O)(=O)c2c(C)noc2C)CC1. The van der Waals surface area contributed by atoms with Gasteiger partial charge in [0.1, 0.15) is 10.6 Å². The zero-order chi connectivity index (χ0) is 16.3. The van der Waals surface area contributed by atoms with Crippen LogP contribution in [0, 0.1) is 19.8 Å². The number of methoxy groups -OCH3 is 1. The lowest BCUT2D eigenvalue weighted by atomic mass is 9.97. The van der Waals surface area contributed by atoms with E-state index < -0.39 is 10.0 Å². The maximum Gasteiger partial charge on any atom is 0.409 e. The molecule has 124 valence electrons. The van der Waals surface area contributed by atoms with E-state index in [2.05, 4.69) is 14.6 Å². The summed E-state index contributed by atoms with van der Waals surface area (Å²) >= 11 is 0. The Labute approximate surface area is 129 Å². The topological polar surface area (TPSA) is 102 Å². The van der Waals surface area contributed by atoms with Gasteiger partial charge in [-0.05, 0) is 32.6 Å². The number of ether oxygens (including phenoxy) is 1. The van der Waals surface area contributed by atoms with Crippen LogP contribution in [-0.4, -0.2) is 51.3 Å². The lowest BCUT2D eigenvalue weighted by molar-refractivity contribution is 0.106. The van der Waals surface area contributed by atoms with E-state index in [0.717, 1.165) is 12.8 Å². The third kappa shape index (κ3) is 3.58. The molecule has 1 N–H and O–H groups in total. The number of nitrogens with one attached hydrogen (secondary N) is 1. The van der Waals surface area contributed by atoms with Gasteiger partial charge in [0.05, 0.1) is 7.11 Å². The van der Waals surface area contributed by atoms with E-state index in [0.29, 0.717) is 25.3 Å². The van der Waals surface area contributed by atoms with Gasteiger partial charge in [-0.2, -0.15) is 0 Å². The van der Waals surface area contributed by atoms with E-state index in [1.807, 2.05) is 0 Å². The van der Waals surface area contributed by atoms with Gasteiger partial charge in [-0.15, -0.1) is 0 Å². The monoisotopic (exact) mass is 331 g/mol. The Morgan fingerprint density at radius 3 is 2.55 bits per heavy atom. The van der Waals surface area contributed by atoms with Crippen LogP contribution in [0.4, 0.5) is 4.79 Å². The van der Waals surface area contributed by atoms with E-state index in [-0.39, 0.29) is 22.7 Å². The molecule has 2 heterocycles. The molecule has 9 heteroatoms. The molecule has 0 radical (unpaired) electrons. The Hall–Kier alpha value is -1.61. The van der Waals surface area contributed by atoms with Crippen LogP contribution in [0.15, 0.2) is 9.42 Å². The van der Waals surface area contributed by atoms with Gasteiger partial charge in [0, 0.05) is 19.6 Å². The second-order valence-electron chi connectivity index (χ2n) is 5.41. The van der Waals surface area contributed by atoms with E-state index in [4.69, 9.17) is 4.52 Å². The van der Waals surface area contributed by atoms with Crippen molar-refractivity contribution in [1.82, 2.24) is 14.8 Å². The number of carbonyl (C=O) groups excluding carboxylic acids is 1. The first-order chi connectivity index (χ1) is 10.3. The number of aryl methyl sites for hydroxylation is 2. The Morgan fingerprint density at radius 1 is 1.41 bits per heavy atom. The van der Waals surface area contributed by atoms with Crippen molar-refractivity contribution in [2.24, 2.45) is 5.92 Å². The van der Waals surface area contributed by atoms with Crippen molar-refractivity contribution in [3.05, 3.63) is 11.5 Å². The first-order valence-corrected chi connectivity index (χ1v) is 8.59. The molecular formula is C13H21N3O5S. The number of aromatic nitrogens is 1. The third-order valence-corrected chi connectivity index (χ3v) is 5.51. The fraction of sp³-hybridized carbons (Fsp3) is 0.692. The average Bonchev–Trinajstić information content (AvgIpc) is 2.84. The first kappa shape index (κ1) is 16.8. The summed E-state index contributed by atoms with van der Waals surface area (Å²) in [5, 5.41) is 3.66. The Kier molecular flexibility index (Phi) is 5.07. The fourth-order valence-corrected chi connectivity index (χ4v) is 4.05. The maximum atomic E-state index is 12.3. The van der Waals surface area contributed by atoms with Gasteiger partial charge in [-0.1, -0.05) is 5.16 Å². The van der Waals surface area contributed by atoms with Gasteiger partial charge in [-0.3, -0.25) is 0 Å². The van der Waals surface area contributed by atoms with Crippen LogP contribution in [0.25, 0.3) is 0 Å². The second kappa shape index (κ2) is 6.66. The average molecular weight is 331 g/mol. The molecule has 1 aliphatic heterocycles.